The van der Waals surface area contributed by atoms with Gasteiger partial charge in [0.25, 0.3) is 0 Å². The third-order valence-corrected chi connectivity index (χ3v) is 2.60. The number of anilines is 3. The SMILES string of the molecule is COC(=O)c1cccc(Nc2cnnc(NC(C)(C)C)n2)c1. The van der Waals surface area contributed by atoms with Crippen molar-refractivity contribution in [2.75, 3.05) is 17.7 Å². The fourth-order valence-electron chi connectivity index (χ4n) is 1.74. The first kappa shape index (κ1) is 15.7. The van der Waals surface area contributed by atoms with Gasteiger partial charge in [0.05, 0.1) is 18.9 Å². The van der Waals surface area contributed by atoms with Crippen molar-refractivity contribution in [3.63, 3.8) is 0 Å². The molecule has 0 aliphatic rings. The third-order valence-electron chi connectivity index (χ3n) is 2.60. The van der Waals surface area contributed by atoms with E-state index < -0.39 is 0 Å². The van der Waals surface area contributed by atoms with Crippen LogP contribution in [0.15, 0.2) is 30.5 Å². The molecule has 0 bridgehead atoms. The number of benzene rings is 1. The van der Waals surface area contributed by atoms with Gasteiger partial charge in [-0.1, -0.05) is 6.07 Å². The standard InChI is InChI=1S/C15H19N5O2/c1-15(2,3)19-14-18-12(9-16-20-14)17-11-7-5-6-10(8-11)13(21)22-4/h5-9H,1-4H3,(H2,17,18,19,20). The number of rotatable bonds is 4. The number of nitrogens with one attached hydrogen (secondary N) is 2. The first-order valence-electron chi connectivity index (χ1n) is 6.81. The Hall–Kier alpha value is -2.70. The van der Waals surface area contributed by atoms with Crippen molar-refractivity contribution >= 4 is 23.4 Å². The molecule has 2 aromatic rings. The molecular formula is C15H19N5O2. The van der Waals surface area contributed by atoms with Crippen molar-refractivity contribution < 1.29 is 9.53 Å². The molecule has 2 N–H and O–H groups in total. The van der Waals surface area contributed by atoms with Crippen LogP contribution >= 0.6 is 0 Å². The second kappa shape index (κ2) is 6.38. The summed E-state index contributed by atoms with van der Waals surface area (Å²) in [4.78, 5) is 15.9. The number of hydrogen-bond acceptors (Lipinski definition) is 7. The Balaban J connectivity index is 2.17. The van der Waals surface area contributed by atoms with Crippen molar-refractivity contribution in [1.29, 1.82) is 0 Å². The molecule has 1 aromatic carbocycles. The number of carbonyl (C=O) groups is 1. The molecule has 7 heteroatoms. The van der Waals surface area contributed by atoms with E-state index >= 15 is 0 Å². The Morgan fingerprint density at radius 1 is 1.27 bits per heavy atom. The van der Waals surface area contributed by atoms with Crippen molar-refractivity contribution in [1.82, 2.24) is 15.2 Å². The van der Waals surface area contributed by atoms with E-state index in [9.17, 15) is 4.79 Å². The van der Waals surface area contributed by atoms with Crippen molar-refractivity contribution in [2.24, 2.45) is 0 Å². The van der Waals surface area contributed by atoms with Gasteiger partial charge < -0.3 is 15.4 Å². The number of aromatic nitrogens is 3. The number of carbonyl (C=O) groups excluding carboxylic acids is 1. The van der Waals surface area contributed by atoms with E-state index in [1.807, 2.05) is 26.8 Å². The van der Waals surface area contributed by atoms with Gasteiger partial charge in [0.1, 0.15) is 0 Å². The lowest BCUT2D eigenvalue weighted by atomic mass is 10.1. The molecule has 0 aliphatic carbocycles. The highest BCUT2D eigenvalue weighted by Gasteiger charge is 2.12. The van der Waals surface area contributed by atoms with Crippen LogP contribution in [0.3, 0.4) is 0 Å². The van der Waals surface area contributed by atoms with Gasteiger partial charge in [-0.05, 0) is 39.0 Å². The summed E-state index contributed by atoms with van der Waals surface area (Å²) >= 11 is 0. The maximum Gasteiger partial charge on any atom is 0.337 e. The monoisotopic (exact) mass is 301 g/mol. The summed E-state index contributed by atoms with van der Waals surface area (Å²) in [6.07, 6.45) is 1.51. The van der Waals surface area contributed by atoms with Gasteiger partial charge >= 0.3 is 5.97 Å². The van der Waals surface area contributed by atoms with Gasteiger partial charge in [0, 0.05) is 11.2 Å². The van der Waals surface area contributed by atoms with Crippen LogP contribution in [-0.4, -0.2) is 33.8 Å². The zero-order valence-electron chi connectivity index (χ0n) is 13.0. The van der Waals surface area contributed by atoms with Gasteiger partial charge in [-0.25, -0.2) is 4.79 Å². The van der Waals surface area contributed by atoms with Crippen LogP contribution in [0, 0.1) is 0 Å². The zero-order chi connectivity index (χ0) is 16.2. The Kier molecular flexibility index (Phi) is 4.55. The Morgan fingerprint density at radius 3 is 2.73 bits per heavy atom. The number of nitrogens with zero attached hydrogens (tertiary/aromatic N) is 3. The Labute approximate surface area is 129 Å². The number of esters is 1. The average Bonchev–Trinajstić information content (AvgIpc) is 2.45. The molecular weight excluding hydrogens is 282 g/mol. The molecule has 0 fully saturated rings. The summed E-state index contributed by atoms with van der Waals surface area (Å²) in [6.45, 7) is 6.03. The van der Waals surface area contributed by atoms with Crippen LogP contribution in [0.2, 0.25) is 0 Å². The third kappa shape index (κ3) is 4.41. The van der Waals surface area contributed by atoms with E-state index in [4.69, 9.17) is 4.74 Å². The van der Waals surface area contributed by atoms with Gasteiger partial charge in [0.15, 0.2) is 5.82 Å². The summed E-state index contributed by atoms with van der Waals surface area (Å²) in [6, 6.07) is 6.95. The molecule has 0 unspecified atom stereocenters. The van der Waals surface area contributed by atoms with Crippen LogP contribution < -0.4 is 10.6 Å². The van der Waals surface area contributed by atoms with E-state index in [2.05, 4.69) is 25.8 Å². The van der Waals surface area contributed by atoms with E-state index in [0.29, 0.717) is 23.0 Å². The summed E-state index contributed by atoms with van der Waals surface area (Å²) in [5, 5.41) is 14.1. The minimum Gasteiger partial charge on any atom is -0.465 e. The largest absolute Gasteiger partial charge is 0.465 e. The maximum atomic E-state index is 11.5. The van der Waals surface area contributed by atoms with Crippen LogP contribution in [0.4, 0.5) is 17.5 Å². The highest BCUT2D eigenvalue weighted by Crippen LogP contribution is 2.17. The van der Waals surface area contributed by atoms with Crippen LogP contribution in [0.1, 0.15) is 31.1 Å². The molecule has 0 spiro atoms. The molecule has 0 radical (unpaired) electrons. The van der Waals surface area contributed by atoms with Gasteiger partial charge in [0.2, 0.25) is 5.95 Å². The fourth-order valence-corrected chi connectivity index (χ4v) is 1.74. The molecule has 1 heterocycles. The van der Waals surface area contributed by atoms with E-state index in [-0.39, 0.29) is 11.5 Å². The summed E-state index contributed by atoms with van der Waals surface area (Å²) in [5.74, 6) is 0.574. The van der Waals surface area contributed by atoms with E-state index in [0.717, 1.165) is 0 Å². The Morgan fingerprint density at radius 2 is 2.05 bits per heavy atom. The van der Waals surface area contributed by atoms with Crippen molar-refractivity contribution in [3.05, 3.63) is 36.0 Å². The van der Waals surface area contributed by atoms with Crippen LogP contribution in [0.25, 0.3) is 0 Å². The normalized spacial score (nSPS) is 10.9. The second-order valence-corrected chi connectivity index (χ2v) is 5.74. The minimum absolute atomic E-state index is 0.162. The zero-order valence-corrected chi connectivity index (χ0v) is 13.0. The van der Waals surface area contributed by atoms with E-state index in [1.54, 1.807) is 18.2 Å². The first-order chi connectivity index (χ1) is 10.4. The molecule has 0 saturated heterocycles. The molecule has 0 atom stereocenters. The fraction of sp³-hybridized carbons (Fsp3) is 0.333. The summed E-state index contributed by atoms with van der Waals surface area (Å²) in [5.41, 5.74) is 1.01. The smallest absolute Gasteiger partial charge is 0.337 e. The van der Waals surface area contributed by atoms with Crippen molar-refractivity contribution in [3.8, 4) is 0 Å². The summed E-state index contributed by atoms with van der Waals surface area (Å²) in [7, 11) is 1.35. The molecule has 2 rings (SSSR count). The maximum absolute atomic E-state index is 11.5. The highest BCUT2D eigenvalue weighted by atomic mass is 16.5. The quantitative estimate of drug-likeness (QED) is 0.839. The lowest BCUT2D eigenvalue weighted by molar-refractivity contribution is 0.0601. The van der Waals surface area contributed by atoms with Gasteiger partial charge in [-0.2, -0.15) is 10.1 Å². The molecule has 7 nitrogen and oxygen atoms in total. The van der Waals surface area contributed by atoms with Crippen molar-refractivity contribution in [2.45, 2.75) is 26.3 Å². The van der Waals surface area contributed by atoms with E-state index in [1.165, 1.54) is 13.3 Å². The van der Waals surface area contributed by atoms with Crippen LogP contribution in [-0.2, 0) is 4.74 Å². The topological polar surface area (TPSA) is 89.0 Å². The Bertz CT molecular complexity index is 667. The predicted octanol–water partition coefficient (Wildman–Crippen LogP) is 2.61. The summed E-state index contributed by atoms with van der Waals surface area (Å²) < 4.78 is 4.70. The first-order valence-corrected chi connectivity index (χ1v) is 6.81. The van der Waals surface area contributed by atoms with Gasteiger partial charge in [-0.3, -0.25) is 0 Å². The molecule has 116 valence electrons. The number of ether oxygens (including phenoxy) is 1. The minimum atomic E-state index is -0.389. The molecule has 1 aromatic heterocycles. The number of hydrogen-bond donors (Lipinski definition) is 2. The predicted molar refractivity (Wildman–Crippen MR) is 84.3 cm³/mol. The molecule has 0 aliphatic heterocycles. The average molecular weight is 301 g/mol. The van der Waals surface area contributed by atoms with Crippen LogP contribution in [0.5, 0.6) is 0 Å². The molecule has 0 amide bonds. The van der Waals surface area contributed by atoms with Gasteiger partial charge in [-0.15, -0.1) is 5.10 Å². The lowest BCUT2D eigenvalue weighted by Gasteiger charge is -2.20. The molecule has 22 heavy (non-hydrogen) atoms. The second-order valence-electron chi connectivity index (χ2n) is 5.74. The lowest BCUT2D eigenvalue weighted by Crippen LogP contribution is -2.27. The number of methoxy groups -OCH3 is 1. The molecule has 0 saturated carbocycles. The highest BCUT2D eigenvalue weighted by molar-refractivity contribution is 5.90.